The van der Waals surface area contributed by atoms with Gasteiger partial charge in [0, 0.05) is 0 Å². The van der Waals surface area contributed by atoms with Crippen molar-refractivity contribution in [3.8, 4) is 5.75 Å². The first kappa shape index (κ1) is 10.6. The summed E-state index contributed by atoms with van der Waals surface area (Å²) >= 11 is 0. The van der Waals surface area contributed by atoms with Crippen molar-refractivity contribution in [2.24, 2.45) is 0 Å². The molecule has 1 rings (SSSR count). The maximum Gasteiger partial charge on any atom is 0.344 e. The summed E-state index contributed by atoms with van der Waals surface area (Å²) in [5.41, 5.74) is 1.06. The number of aryl methyl sites for hydroxylation is 1. The van der Waals surface area contributed by atoms with Crippen LogP contribution in [0.5, 0.6) is 5.75 Å². The van der Waals surface area contributed by atoms with Gasteiger partial charge in [-0.3, -0.25) is 0 Å². The van der Waals surface area contributed by atoms with Gasteiger partial charge in [-0.2, -0.15) is 0 Å². The molecule has 3 nitrogen and oxygen atoms in total. The number of ether oxygens (including phenoxy) is 1. The van der Waals surface area contributed by atoms with Crippen LogP contribution in [-0.4, -0.2) is 17.2 Å². The minimum Gasteiger partial charge on any atom is -0.479 e. The molecule has 0 aromatic heterocycles. The number of hydrogen-bond donors (Lipinski definition) is 1. The third kappa shape index (κ3) is 2.76. The van der Waals surface area contributed by atoms with Gasteiger partial charge in [0.1, 0.15) is 5.75 Å². The fourth-order valence-electron chi connectivity index (χ4n) is 1.16. The summed E-state index contributed by atoms with van der Waals surface area (Å²) in [5.74, 6) is -0.312. The van der Waals surface area contributed by atoms with Gasteiger partial charge in [-0.15, -0.1) is 0 Å². The highest BCUT2D eigenvalue weighted by atomic mass is 16.5. The van der Waals surface area contributed by atoms with Crippen LogP contribution in [0.3, 0.4) is 0 Å². The number of aliphatic carboxylic acids is 1. The van der Waals surface area contributed by atoms with Crippen molar-refractivity contribution in [1.82, 2.24) is 0 Å². The molecule has 1 aromatic rings. The van der Waals surface area contributed by atoms with E-state index in [9.17, 15) is 4.79 Å². The molecular formula is C11H14O3. The van der Waals surface area contributed by atoms with Crippen LogP contribution < -0.4 is 4.74 Å². The second-order valence-corrected chi connectivity index (χ2v) is 3.17. The summed E-state index contributed by atoms with van der Waals surface area (Å²) in [6.07, 6.45) is -0.291. The lowest BCUT2D eigenvalue weighted by atomic mass is 10.2. The number of rotatable bonds is 4. The highest BCUT2D eigenvalue weighted by molar-refractivity contribution is 5.72. The Bertz CT molecular complexity index is 320. The fraction of sp³-hybridized carbons (Fsp3) is 0.364. The summed E-state index contributed by atoms with van der Waals surface area (Å²) in [4.78, 5) is 10.7. The lowest BCUT2D eigenvalue weighted by Gasteiger charge is -2.13. The van der Waals surface area contributed by atoms with Gasteiger partial charge in [-0.1, -0.05) is 19.1 Å². The molecule has 0 aliphatic rings. The Morgan fingerprint density at radius 2 is 2.29 bits per heavy atom. The molecule has 1 atom stereocenters. The molecule has 0 radical (unpaired) electrons. The predicted octanol–water partition coefficient (Wildman–Crippen LogP) is 2.24. The molecule has 0 spiro atoms. The van der Waals surface area contributed by atoms with Crippen LogP contribution in [0.25, 0.3) is 0 Å². The zero-order chi connectivity index (χ0) is 10.6. The van der Waals surface area contributed by atoms with E-state index in [1.807, 2.05) is 25.1 Å². The molecule has 0 amide bonds. The van der Waals surface area contributed by atoms with E-state index in [1.54, 1.807) is 13.0 Å². The van der Waals surface area contributed by atoms with E-state index in [2.05, 4.69) is 0 Å². The van der Waals surface area contributed by atoms with Crippen molar-refractivity contribution in [2.45, 2.75) is 26.4 Å². The quantitative estimate of drug-likeness (QED) is 0.799. The largest absolute Gasteiger partial charge is 0.479 e. The molecule has 0 fully saturated rings. The monoisotopic (exact) mass is 194 g/mol. The average Bonchev–Trinajstić information content (AvgIpc) is 2.14. The first-order valence-corrected chi connectivity index (χ1v) is 4.59. The molecule has 0 saturated carbocycles. The Hall–Kier alpha value is -1.51. The number of carboxylic acids is 1. The van der Waals surface area contributed by atoms with E-state index in [1.165, 1.54) is 0 Å². The number of benzene rings is 1. The summed E-state index contributed by atoms with van der Waals surface area (Å²) in [6, 6.07) is 7.37. The third-order valence-electron chi connectivity index (χ3n) is 1.91. The van der Waals surface area contributed by atoms with Crippen LogP contribution in [0.15, 0.2) is 24.3 Å². The van der Waals surface area contributed by atoms with Gasteiger partial charge in [0.25, 0.3) is 0 Å². The maximum atomic E-state index is 10.7. The van der Waals surface area contributed by atoms with Crippen LogP contribution in [0, 0.1) is 6.92 Å². The SMILES string of the molecule is CC[C@@H](Oc1cccc(C)c1)C(=O)O. The van der Waals surface area contributed by atoms with Gasteiger partial charge in [-0.25, -0.2) is 4.79 Å². The van der Waals surface area contributed by atoms with E-state index in [0.29, 0.717) is 12.2 Å². The molecule has 1 N–H and O–H groups in total. The summed E-state index contributed by atoms with van der Waals surface area (Å²) in [7, 11) is 0. The van der Waals surface area contributed by atoms with Gasteiger partial charge in [0.2, 0.25) is 0 Å². The second-order valence-electron chi connectivity index (χ2n) is 3.17. The van der Waals surface area contributed by atoms with Crippen molar-refractivity contribution in [1.29, 1.82) is 0 Å². The smallest absolute Gasteiger partial charge is 0.344 e. The average molecular weight is 194 g/mol. The number of hydrogen-bond acceptors (Lipinski definition) is 2. The van der Waals surface area contributed by atoms with Crippen molar-refractivity contribution < 1.29 is 14.6 Å². The van der Waals surface area contributed by atoms with Crippen LogP contribution in [0.2, 0.25) is 0 Å². The molecular weight excluding hydrogens is 180 g/mol. The lowest BCUT2D eigenvalue weighted by molar-refractivity contribution is -0.145. The fourth-order valence-corrected chi connectivity index (χ4v) is 1.16. The molecule has 1 aromatic carbocycles. The number of carbonyl (C=O) groups is 1. The Morgan fingerprint density at radius 1 is 1.57 bits per heavy atom. The van der Waals surface area contributed by atoms with E-state index in [0.717, 1.165) is 5.56 Å². The topological polar surface area (TPSA) is 46.5 Å². The standard InChI is InChI=1S/C11H14O3/c1-3-10(11(12)13)14-9-6-4-5-8(2)7-9/h4-7,10H,3H2,1-2H3,(H,12,13)/t10-/m1/s1. The van der Waals surface area contributed by atoms with Crippen molar-refractivity contribution in [3.05, 3.63) is 29.8 Å². The highest BCUT2D eigenvalue weighted by Crippen LogP contribution is 2.15. The summed E-state index contributed by atoms with van der Waals surface area (Å²) < 4.78 is 5.31. The maximum absolute atomic E-state index is 10.7. The van der Waals surface area contributed by atoms with Gasteiger partial charge < -0.3 is 9.84 Å². The molecule has 14 heavy (non-hydrogen) atoms. The summed E-state index contributed by atoms with van der Waals surface area (Å²) in [6.45, 7) is 3.73. The normalized spacial score (nSPS) is 12.1. The van der Waals surface area contributed by atoms with Crippen LogP contribution in [0.4, 0.5) is 0 Å². The predicted molar refractivity (Wildman–Crippen MR) is 53.5 cm³/mol. The summed E-state index contributed by atoms with van der Waals surface area (Å²) in [5, 5.41) is 8.78. The second kappa shape index (κ2) is 4.65. The Morgan fingerprint density at radius 3 is 2.79 bits per heavy atom. The minimum absolute atomic E-state index is 0.462. The third-order valence-corrected chi connectivity index (χ3v) is 1.91. The van der Waals surface area contributed by atoms with Gasteiger partial charge in [-0.05, 0) is 31.0 Å². The van der Waals surface area contributed by atoms with E-state index < -0.39 is 12.1 Å². The minimum atomic E-state index is -0.922. The van der Waals surface area contributed by atoms with E-state index in [-0.39, 0.29) is 0 Å². The Balaban J connectivity index is 2.72. The first-order chi connectivity index (χ1) is 6.63. The molecule has 0 saturated heterocycles. The van der Waals surface area contributed by atoms with Gasteiger partial charge in [0.15, 0.2) is 6.10 Å². The first-order valence-electron chi connectivity index (χ1n) is 4.59. The molecule has 0 unspecified atom stereocenters. The molecule has 76 valence electrons. The Kier molecular flexibility index (Phi) is 3.51. The van der Waals surface area contributed by atoms with E-state index >= 15 is 0 Å². The molecule has 0 heterocycles. The van der Waals surface area contributed by atoms with Gasteiger partial charge >= 0.3 is 5.97 Å². The van der Waals surface area contributed by atoms with Crippen molar-refractivity contribution in [2.75, 3.05) is 0 Å². The van der Waals surface area contributed by atoms with Crippen LogP contribution >= 0.6 is 0 Å². The Labute approximate surface area is 83.3 Å². The molecule has 3 heteroatoms. The lowest BCUT2D eigenvalue weighted by Crippen LogP contribution is -2.25. The zero-order valence-corrected chi connectivity index (χ0v) is 8.36. The molecule has 0 aliphatic heterocycles. The molecule has 0 bridgehead atoms. The number of carboxylic acid groups (broad SMARTS) is 1. The van der Waals surface area contributed by atoms with E-state index in [4.69, 9.17) is 9.84 Å². The van der Waals surface area contributed by atoms with Crippen molar-refractivity contribution >= 4 is 5.97 Å². The van der Waals surface area contributed by atoms with Gasteiger partial charge in [0.05, 0.1) is 0 Å². The molecule has 0 aliphatic carbocycles. The van der Waals surface area contributed by atoms with Crippen molar-refractivity contribution in [3.63, 3.8) is 0 Å². The zero-order valence-electron chi connectivity index (χ0n) is 8.36. The van der Waals surface area contributed by atoms with Crippen LogP contribution in [-0.2, 0) is 4.79 Å². The van der Waals surface area contributed by atoms with Crippen LogP contribution in [0.1, 0.15) is 18.9 Å². The highest BCUT2D eigenvalue weighted by Gasteiger charge is 2.16.